The first-order valence-corrected chi connectivity index (χ1v) is 7.06. The second kappa shape index (κ2) is 5.83. The molecule has 1 aromatic rings. The number of para-hydroxylation sites is 1. The van der Waals surface area contributed by atoms with Gasteiger partial charge in [-0.05, 0) is 37.3 Å². The van der Waals surface area contributed by atoms with Crippen LogP contribution in [0.15, 0.2) is 18.2 Å². The molecule has 0 radical (unpaired) electrons. The Morgan fingerprint density at radius 2 is 1.95 bits per heavy atom. The van der Waals surface area contributed by atoms with Crippen LogP contribution in [0.5, 0.6) is 0 Å². The van der Waals surface area contributed by atoms with Crippen LogP contribution in [-0.2, 0) is 9.59 Å². The zero-order chi connectivity index (χ0) is 14.9. The summed E-state index contributed by atoms with van der Waals surface area (Å²) in [6.07, 6.45) is 1.15. The van der Waals surface area contributed by atoms with E-state index in [0.29, 0.717) is 23.6 Å². The summed E-state index contributed by atoms with van der Waals surface area (Å²) in [6.45, 7) is 3.83. The van der Waals surface area contributed by atoms with Gasteiger partial charge >= 0.3 is 5.97 Å². The maximum absolute atomic E-state index is 12.3. The van der Waals surface area contributed by atoms with Crippen LogP contribution >= 0.6 is 11.6 Å². The summed E-state index contributed by atoms with van der Waals surface area (Å²) in [4.78, 5) is 23.6. The van der Waals surface area contributed by atoms with E-state index in [-0.39, 0.29) is 11.8 Å². The first kappa shape index (κ1) is 14.9. The fourth-order valence-corrected chi connectivity index (χ4v) is 3.13. The Bertz CT molecular complexity index is 524. The number of aliphatic carboxylic acids is 1. The highest BCUT2D eigenvalue weighted by atomic mass is 35.5. The summed E-state index contributed by atoms with van der Waals surface area (Å²) in [7, 11) is 0. The Morgan fingerprint density at radius 1 is 1.30 bits per heavy atom. The van der Waals surface area contributed by atoms with Crippen molar-refractivity contribution in [3.8, 4) is 0 Å². The Hall–Kier alpha value is -1.55. The van der Waals surface area contributed by atoms with E-state index >= 15 is 0 Å². The van der Waals surface area contributed by atoms with E-state index in [2.05, 4.69) is 5.32 Å². The second-order valence-electron chi connectivity index (χ2n) is 5.55. The van der Waals surface area contributed by atoms with Gasteiger partial charge in [0.2, 0.25) is 5.91 Å². The molecule has 0 spiro atoms. The maximum atomic E-state index is 12.3. The van der Waals surface area contributed by atoms with Crippen molar-refractivity contribution in [1.29, 1.82) is 0 Å². The molecule has 0 aromatic heterocycles. The highest BCUT2D eigenvalue weighted by Gasteiger charge is 2.41. The van der Waals surface area contributed by atoms with Crippen LogP contribution in [-0.4, -0.2) is 17.0 Å². The molecule has 108 valence electrons. The van der Waals surface area contributed by atoms with Crippen molar-refractivity contribution in [2.75, 3.05) is 5.32 Å². The summed E-state index contributed by atoms with van der Waals surface area (Å²) in [5, 5.41) is 12.5. The number of anilines is 1. The highest BCUT2D eigenvalue weighted by molar-refractivity contribution is 6.34. The molecular weight excluding hydrogens is 278 g/mol. The Labute approximate surface area is 123 Å². The third-order valence-electron chi connectivity index (χ3n) is 3.92. The van der Waals surface area contributed by atoms with Gasteiger partial charge < -0.3 is 10.4 Å². The lowest BCUT2D eigenvalue weighted by atomic mass is 9.95. The predicted octanol–water partition coefficient (Wildman–Crippen LogP) is 3.33. The topological polar surface area (TPSA) is 66.4 Å². The van der Waals surface area contributed by atoms with Crippen molar-refractivity contribution in [2.45, 2.75) is 26.7 Å². The SMILES string of the molecule is Cc1cccc(Cl)c1NC(=O)[C@H]1CC(C)C[C@H]1C(=O)O. The lowest BCUT2D eigenvalue weighted by Crippen LogP contribution is -2.30. The zero-order valence-corrected chi connectivity index (χ0v) is 12.3. The molecule has 1 amide bonds. The van der Waals surface area contributed by atoms with Crippen LogP contribution in [0.1, 0.15) is 25.3 Å². The lowest BCUT2D eigenvalue weighted by Gasteiger charge is -2.17. The number of halogens is 1. The van der Waals surface area contributed by atoms with Crippen LogP contribution in [0.25, 0.3) is 0 Å². The molecule has 1 unspecified atom stereocenters. The Kier molecular flexibility index (Phi) is 4.33. The molecule has 4 nitrogen and oxygen atoms in total. The third-order valence-corrected chi connectivity index (χ3v) is 4.24. The molecule has 0 bridgehead atoms. The molecule has 5 heteroatoms. The van der Waals surface area contributed by atoms with Gasteiger partial charge in [0.25, 0.3) is 0 Å². The van der Waals surface area contributed by atoms with Crippen molar-refractivity contribution in [3.63, 3.8) is 0 Å². The minimum atomic E-state index is -0.898. The fraction of sp³-hybridized carbons (Fsp3) is 0.467. The number of nitrogens with one attached hydrogen (secondary N) is 1. The number of carboxylic acids is 1. The predicted molar refractivity (Wildman–Crippen MR) is 77.8 cm³/mol. The third kappa shape index (κ3) is 2.96. The molecule has 0 heterocycles. The van der Waals surface area contributed by atoms with Gasteiger partial charge in [-0.3, -0.25) is 9.59 Å². The zero-order valence-electron chi connectivity index (χ0n) is 11.5. The van der Waals surface area contributed by atoms with E-state index in [9.17, 15) is 14.7 Å². The number of hydrogen-bond donors (Lipinski definition) is 2. The van der Waals surface area contributed by atoms with Crippen LogP contribution in [0.3, 0.4) is 0 Å². The van der Waals surface area contributed by atoms with Gasteiger partial charge in [-0.1, -0.05) is 30.7 Å². The summed E-state index contributed by atoms with van der Waals surface area (Å²) in [5.74, 6) is -1.99. The molecule has 1 saturated carbocycles. The maximum Gasteiger partial charge on any atom is 0.307 e. The van der Waals surface area contributed by atoms with Crippen molar-refractivity contribution < 1.29 is 14.7 Å². The molecule has 1 aliphatic rings. The van der Waals surface area contributed by atoms with Gasteiger partial charge in [0, 0.05) is 0 Å². The fourth-order valence-electron chi connectivity index (χ4n) is 2.86. The molecule has 2 rings (SSSR count). The largest absolute Gasteiger partial charge is 0.481 e. The van der Waals surface area contributed by atoms with E-state index in [1.807, 2.05) is 26.0 Å². The number of carboxylic acid groups (broad SMARTS) is 1. The van der Waals surface area contributed by atoms with Gasteiger partial charge in [-0.2, -0.15) is 0 Å². The molecule has 20 heavy (non-hydrogen) atoms. The standard InChI is InChI=1S/C15H18ClNO3/c1-8-6-10(11(7-8)15(19)20)14(18)17-13-9(2)4-3-5-12(13)16/h3-5,8,10-11H,6-7H2,1-2H3,(H,17,18)(H,19,20)/t8?,10-,11+/m0/s1. The summed E-state index contributed by atoms with van der Waals surface area (Å²) in [5.41, 5.74) is 1.44. The van der Waals surface area contributed by atoms with Gasteiger partial charge in [-0.25, -0.2) is 0 Å². The molecule has 0 saturated heterocycles. The van der Waals surface area contributed by atoms with E-state index in [0.717, 1.165) is 5.56 Å². The van der Waals surface area contributed by atoms with Crippen molar-refractivity contribution >= 4 is 29.2 Å². The van der Waals surface area contributed by atoms with E-state index in [1.165, 1.54) is 0 Å². The number of amides is 1. The van der Waals surface area contributed by atoms with Crippen LogP contribution < -0.4 is 5.32 Å². The van der Waals surface area contributed by atoms with Gasteiger partial charge in [-0.15, -0.1) is 0 Å². The quantitative estimate of drug-likeness (QED) is 0.899. The first-order valence-electron chi connectivity index (χ1n) is 6.69. The Morgan fingerprint density at radius 3 is 2.55 bits per heavy atom. The lowest BCUT2D eigenvalue weighted by molar-refractivity contribution is -0.145. The number of carbonyl (C=O) groups is 2. The minimum absolute atomic E-state index is 0.249. The normalized spacial score (nSPS) is 25.4. The highest BCUT2D eigenvalue weighted by Crippen LogP contribution is 2.37. The van der Waals surface area contributed by atoms with Gasteiger partial charge in [0.15, 0.2) is 0 Å². The minimum Gasteiger partial charge on any atom is -0.481 e. The number of rotatable bonds is 3. The van der Waals surface area contributed by atoms with Gasteiger partial charge in [0.1, 0.15) is 0 Å². The molecular formula is C15H18ClNO3. The van der Waals surface area contributed by atoms with Crippen molar-refractivity contribution in [1.82, 2.24) is 0 Å². The van der Waals surface area contributed by atoms with Crippen molar-refractivity contribution in [2.24, 2.45) is 17.8 Å². The van der Waals surface area contributed by atoms with E-state index in [1.54, 1.807) is 6.07 Å². The number of aryl methyl sites for hydroxylation is 1. The molecule has 1 aliphatic carbocycles. The first-order chi connectivity index (χ1) is 9.40. The summed E-state index contributed by atoms with van der Waals surface area (Å²) < 4.78 is 0. The summed E-state index contributed by atoms with van der Waals surface area (Å²) in [6, 6.07) is 5.37. The second-order valence-corrected chi connectivity index (χ2v) is 5.96. The number of hydrogen-bond acceptors (Lipinski definition) is 2. The average Bonchev–Trinajstić information content (AvgIpc) is 2.76. The smallest absolute Gasteiger partial charge is 0.307 e. The van der Waals surface area contributed by atoms with Crippen LogP contribution in [0.4, 0.5) is 5.69 Å². The van der Waals surface area contributed by atoms with Crippen LogP contribution in [0.2, 0.25) is 5.02 Å². The molecule has 3 atom stereocenters. The van der Waals surface area contributed by atoms with E-state index in [4.69, 9.17) is 11.6 Å². The van der Waals surface area contributed by atoms with Gasteiger partial charge in [0.05, 0.1) is 22.5 Å². The average molecular weight is 296 g/mol. The van der Waals surface area contributed by atoms with Crippen molar-refractivity contribution in [3.05, 3.63) is 28.8 Å². The monoisotopic (exact) mass is 295 g/mol. The molecule has 2 N–H and O–H groups in total. The molecule has 1 fully saturated rings. The molecule has 0 aliphatic heterocycles. The molecule has 1 aromatic carbocycles. The summed E-state index contributed by atoms with van der Waals surface area (Å²) >= 11 is 6.08. The number of carbonyl (C=O) groups excluding carboxylic acids is 1. The Balaban J connectivity index is 2.18. The van der Waals surface area contributed by atoms with E-state index < -0.39 is 17.8 Å². The number of benzene rings is 1. The van der Waals surface area contributed by atoms with Crippen LogP contribution in [0, 0.1) is 24.7 Å².